The average Bonchev–Trinajstić information content (AvgIpc) is 3.08. The molecular formula is C21H31N3O4. The minimum atomic E-state index is -0.497. The van der Waals surface area contributed by atoms with Crippen LogP contribution in [0.2, 0.25) is 0 Å². The normalized spacial score (nSPS) is 21.5. The van der Waals surface area contributed by atoms with Crippen LogP contribution in [0.1, 0.15) is 44.9 Å². The van der Waals surface area contributed by atoms with E-state index in [-0.39, 0.29) is 17.2 Å². The summed E-state index contributed by atoms with van der Waals surface area (Å²) in [5.74, 6) is 1.07. The third kappa shape index (κ3) is 4.41. The van der Waals surface area contributed by atoms with E-state index in [4.69, 9.17) is 15.2 Å². The van der Waals surface area contributed by atoms with Crippen LogP contribution in [0.15, 0.2) is 18.2 Å². The fourth-order valence-corrected chi connectivity index (χ4v) is 4.36. The van der Waals surface area contributed by atoms with Gasteiger partial charge in [0.2, 0.25) is 11.8 Å². The molecule has 1 aliphatic heterocycles. The van der Waals surface area contributed by atoms with Gasteiger partial charge in [-0.2, -0.15) is 0 Å². The van der Waals surface area contributed by atoms with Gasteiger partial charge >= 0.3 is 0 Å². The Bertz CT molecular complexity index is 693. The van der Waals surface area contributed by atoms with E-state index in [1.165, 1.54) is 6.42 Å². The monoisotopic (exact) mass is 389 g/mol. The highest BCUT2D eigenvalue weighted by atomic mass is 16.5. The van der Waals surface area contributed by atoms with Crippen molar-refractivity contribution < 1.29 is 19.1 Å². The number of nitrogens with one attached hydrogen (secondary N) is 1. The number of hydrogen-bond acceptors (Lipinski definition) is 5. The summed E-state index contributed by atoms with van der Waals surface area (Å²) in [6.07, 6.45) is 6.43. The van der Waals surface area contributed by atoms with Crippen LogP contribution in [0.25, 0.3) is 0 Å². The van der Waals surface area contributed by atoms with Gasteiger partial charge in [0.25, 0.3) is 0 Å². The van der Waals surface area contributed by atoms with Crippen LogP contribution in [0.4, 0.5) is 5.69 Å². The molecular weight excluding hydrogens is 358 g/mol. The molecule has 1 heterocycles. The lowest BCUT2D eigenvalue weighted by Gasteiger charge is -2.35. The second-order valence-electron chi connectivity index (χ2n) is 7.91. The maximum Gasteiger partial charge on any atom is 0.249 e. The highest BCUT2D eigenvalue weighted by Crippen LogP contribution is 2.38. The number of ether oxygens (including phenoxy) is 2. The van der Waals surface area contributed by atoms with E-state index in [0.717, 1.165) is 25.7 Å². The van der Waals surface area contributed by atoms with Crippen molar-refractivity contribution in [2.24, 2.45) is 11.1 Å². The van der Waals surface area contributed by atoms with E-state index in [2.05, 4.69) is 5.32 Å². The Hall–Kier alpha value is -2.28. The summed E-state index contributed by atoms with van der Waals surface area (Å²) in [6, 6.07) is 4.87. The number of amides is 2. The van der Waals surface area contributed by atoms with Gasteiger partial charge < -0.3 is 25.4 Å². The molecule has 0 bridgehead atoms. The maximum atomic E-state index is 12.9. The summed E-state index contributed by atoms with van der Waals surface area (Å²) in [6.45, 7) is 1.07. The molecule has 7 heteroatoms. The zero-order valence-electron chi connectivity index (χ0n) is 16.8. The van der Waals surface area contributed by atoms with E-state index in [1.807, 2.05) is 0 Å². The van der Waals surface area contributed by atoms with Crippen molar-refractivity contribution in [3.63, 3.8) is 0 Å². The molecule has 3 rings (SSSR count). The van der Waals surface area contributed by atoms with Gasteiger partial charge in [-0.25, -0.2) is 0 Å². The second kappa shape index (κ2) is 8.82. The van der Waals surface area contributed by atoms with Crippen molar-refractivity contribution in [2.75, 3.05) is 32.2 Å². The summed E-state index contributed by atoms with van der Waals surface area (Å²) < 4.78 is 10.6. The molecule has 1 atom stereocenters. The summed E-state index contributed by atoms with van der Waals surface area (Å²) in [7, 11) is 3.15. The molecule has 1 aromatic carbocycles. The van der Waals surface area contributed by atoms with Gasteiger partial charge in [-0.15, -0.1) is 0 Å². The molecule has 28 heavy (non-hydrogen) atoms. The Kier molecular flexibility index (Phi) is 6.44. The summed E-state index contributed by atoms with van der Waals surface area (Å²) in [5, 5.41) is 2.94. The van der Waals surface area contributed by atoms with Crippen molar-refractivity contribution >= 4 is 17.5 Å². The molecule has 1 aliphatic carbocycles. The predicted molar refractivity (Wildman–Crippen MR) is 108 cm³/mol. The highest BCUT2D eigenvalue weighted by Gasteiger charge is 2.37. The molecule has 0 radical (unpaired) electrons. The summed E-state index contributed by atoms with van der Waals surface area (Å²) >= 11 is 0. The van der Waals surface area contributed by atoms with Crippen LogP contribution in [-0.4, -0.2) is 45.2 Å². The predicted octanol–water partition coefficient (Wildman–Crippen LogP) is 2.22. The molecule has 1 saturated heterocycles. The molecule has 3 N–H and O–H groups in total. The highest BCUT2D eigenvalue weighted by molar-refractivity contribution is 6.01. The number of benzene rings is 1. The minimum Gasteiger partial charge on any atom is -0.497 e. The van der Waals surface area contributed by atoms with Gasteiger partial charge in [0.1, 0.15) is 17.5 Å². The molecule has 1 saturated carbocycles. The number of nitrogens with two attached hydrogens (primary N) is 1. The van der Waals surface area contributed by atoms with Gasteiger partial charge in [0, 0.05) is 31.2 Å². The first-order valence-electron chi connectivity index (χ1n) is 10.0. The number of rotatable bonds is 7. The van der Waals surface area contributed by atoms with Crippen LogP contribution in [0.5, 0.6) is 11.5 Å². The number of carbonyl (C=O) groups excluding carboxylic acids is 2. The van der Waals surface area contributed by atoms with Crippen LogP contribution >= 0.6 is 0 Å². The average molecular weight is 389 g/mol. The molecule has 1 unspecified atom stereocenters. The number of nitrogens with zero attached hydrogens (tertiary/aromatic N) is 1. The lowest BCUT2D eigenvalue weighted by Crippen LogP contribution is -2.45. The zero-order chi connectivity index (χ0) is 20.1. The van der Waals surface area contributed by atoms with Crippen molar-refractivity contribution in [3.8, 4) is 11.5 Å². The first-order valence-corrected chi connectivity index (χ1v) is 10.0. The number of methoxy groups -OCH3 is 2. The van der Waals surface area contributed by atoms with Crippen molar-refractivity contribution in [1.29, 1.82) is 0 Å². The molecule has 0 aromatic heterocycles. The third-order valence-corrected chi connectivity index (χ3v) is 6.07. The van der Waals surface area contributed by atoms with Crippen LogP contribution in [-0.2, 0) is 9.59 Å². The maximum absolute atomic E-state index is 12.9. The van der Waals surface area contributed by atoms with E-state index in [1.54, 1.807) is 37.3 Å². The number of anilines is 1. The first-order chi connectivity index (χ1) is 13.5. The van der Waals surface area contributed by atoms with Crippen molar-refractivity contribution in [2.45, 2.75) is 51.0 Å². The largest absolute Gasteiger partial charge is 0.497 e. The van der Waals surface area contributed by atoms with Gasteiger partial charge in [-0.05, 0) is 31.2 Å². The van der Waals surface area contributed by atoms with E-state index < -0.39 is 6.04 Å². The van der Waals surface area contributed by atoms with Crippen molar-refractivity contribution in [1.82, 2.24) is 5.32 Å². The Labute approximate surface area is 166 Å². The smallest absolute Gasteiger partial charge is 0.249 e. The van der Waals surface area contributed by atoms with E-state index >= 15 is 0 Å². The van der Waals surface area contributed by atoms with Crippen LogP contribution < -0.4 is 25.4 Å². The van der Waals surface area contributed by atoms with Gasteiger partial charge in [0.15, 0.2) is 0 Å². The lowest BCUT2D eigenvalue weighted by molar-refractivity contribution is -0.128. The molecule has 7 nitrogen and oxygen atoms in total. The Morgan fingerprint density at radius 2 is 1.82 bits per heavy atom. The minimum absolute atomic E-state index is 0.0734. The fourth-order valence-electron chi connectivity index (χ4n) is 4.36. The van der Waals surface area contributed by atoms with E-state index in [0.29, 0.717) is 43.1 Å². The SMILES string of the molecule is COc1cc(OC)cc(N2CCC(NC(=O)CC3(CN)CCCCC3)C2=O)c1. The molecule has 1 aromatic rings. The number of carbonyl (C=O) groups is 2. The van der Waals surface area contributed by atoms with Crippen molar-refractivity contribution in [3.05, 3.63) is 18.2 Å². The molecule has 2 fully saturated rings. The Morgan fingerprint density at radius 3 is 2.39 bits per heavy atom. The number of hydrogen-bond donors (Lipinski definition) is 2. The lowest BCUT2D eigenvalue weighted by atomic mass is 9.71. The van der Waals surface area contributed by atoms with Gasteiger partial charge in [0.05, 0.1) is 19.9 Å². The summed E-state index contributed by atoms with van der Waals surface area (Å²) in [5.41, 5.74) is 6.60. The molecule has 2 amide bonds. The van der Waals surface area contributed by atoms with Crippen LogP contribution in [0, 0.1) is 5.41 Å². The van der Waals surface area contributed by atoms with E-state index in [9.17, 15) is 9.59 Å². The second-order valence-corrected chi connectivity index (χ2v) is 7.91. The zero-order valence-corrected chi connectivity index (χ0v) is 16.8. The Balaban J connectivity index is 1.65. The standard InChI is InChI=1S/C21H31N3O4/c1-27-16-10-15(11-17(12-16)28-2)24-9-6-18(20(24)26)23-19(25)13-21(14-22)7-4-3-5-8-21/h10-12,18H,3-9,13-14,22H2,1-2H3,(H,23,25). The Morgan fingerprint density at radius 1 is 1.18 bits per heavy atom. The molecule has 154 valence electrons. The first kappa shape index (κ1) is 20.5. The fraction of sp³-hybridized carbons (Fsp3) is 0.619. The van der Waals surface area contributed by atoms with Gasteiger partial charge in [-0.1, -0.05) is 19.3 Å². The quantitative estimate of drug-likeness (QED) is 0.746. The topological polar surface area (TPSA) is 93.9 Å². The third-order valence-electron chi connectivity index (χ3n) is 6.07. The molecule has 0 spiro atoms. The van der Waals surface area contributed by atoms with Crippen LogP contribution in [0.3, 0.4) is 0 Å². The molecule has 2 aliphatic rings. The summed E-state index contributed by atoms with van der Waals surface area (Å²) in [4.78, 5) is 27.2. The van der Waals surface area contributed by atoms with Gasteiger partial charge in [-0.3, -0.25) is 9.59 Å².